The monoisotopic (exact) mass is 482 g/mol. The molecule has 1 aromatic heterocycles. The Morgan fingerprint density at radius 2 is 1.92 bits per heavy atom. The first-order valence-corrected chi connectivity index (χ1v) is 9.16. The number of hydrogen-bond donors (Lipinski definition) is 1. The van der Waals surface area contributed by atoms with E-state index in [-0.39, 0.29) is 10.3 Å². The molecule has 0 saturated heterocycles. The van der Waals surface area contributed by atoms with Crippen LogP contribution in [0.15, 0.2) is 44.1 Å². The number of halogens is 2. The van der Waals surface area contributed by atoms with E-state index >= 15 is 0 Å². The Hall–Kier alpha value is -1.77. The highest BCUT2D eigenvalue weighted by Gasteiger charge is 2.20. The average Bonchev–Trinajstić information content (AvgIpc) is 2.55. The summed E-state index contributed by atoms with van der Waals surface area (Å²) < 4.78 is 7.78. The van der Waals surface area contributed by atoms with E-state index in [1.807, 2.05) is 13.0 Å². The predicted octanol–water partition coefficient (Wildman–Crippen LogP) is 4.59. The molecule has 0 spiro atoms. The van der Waals surface area contributed by atoms with Gasteiger partial charge in [-0.2, -0.15) is 0 Å². The van der Waals surface area contributed by atoms with Crippen molar-refractivity contribution in [3.63, 3.8) is 0 Å². The number of methoxy groups -OCH3 is 1. The summed E-state index contributed by atoms with van der Waals surface area (Å²) >= 11 is 11.9. The normalized spacial score (nSPS) is 10.9. The first kappa shape index (κ1) is 18.0. The summed E-state index contributed by atoms with van der Waals surface area (Å²) in [6, 6.07) is 8.61. The molecule has 0 aliphatic carbocycles. The molecule has 1 N–H and O–H groups in total. The van der Waals surface area contributed by atoms with Crippen molar-refractivity contribution in [2.45, 2.75) is 6.92 Å². The number of ether oxygens (including phenoxy) is 1. The number of fused-ring (bicyclic) bond motifs is 1. The van der Waals surface area contributed by atoms with Crippen LogP contribution in [0.4, 0.5) is 0 Å². The molecule has 0 fully saturated rings. The zero-order valence-electron chi connectivity index (χ0n) is 13.2. The second-order valence-electron chi connectivity index (χ2n) is 5.37. The number of carbonyl (C=O) groups excluding carboxylic acids is 1. The third kappa shape index (κ3) is 3.21. The van der Waals surface area contributed by atoms with Crippen LogP contribution in [0.5, 0.6) is 5.75 Å². The summed E-state index contributed by atoms with van der Waals surface area (Å²) in [5.41, 5.74) is 1.11. The zero-order chi connectivity index (χ0) is 18.3. The zero-order valence-corrected chi connectivity index (χ0v) is 17.2. The van der Waals surface area contributed by atoms with E-state index in [1.165, 1.54) is 7.11 Å². The number of rotatable bonds is 2. The van der Waals surface area contributed by atoms with Crippen molar-refractivity contribution in [2.24, 2.45) is 0 Å². The smallest absolute Gasteiger partial charge is 0.270 e. The average molecular weight is 484 g/mol. The Morgan fingerprint density at radius 3 is 2.60 bits per heavy atom. The predicted molar refractivity (Wildman–Crippen MR) is 106 cm³/mol. The van der Waals surface area contributed by atoms with Crippen LogP contribution in [0.1, 0.15) is 15.9 Å². The summed E-state index contributed by atoms with van der Waals surface area (Å²) in [4.78, 5) is 28.9. The van der Waals surface area contributed by atoms with E-state index in [2.05, 4.69) is 36.8 Å². The van der Waals surface area contributed by atoms with Crippen LogP contribution in [-0.2, 0) is 0 Å². The van der Waals surface area contributed by atoms with Gasteiger partial charge in [0.25, 0.3) is 11.5 Å². The molecule has 0 unspecified atom stereocenters. The highest BCUT2D eigenvalue weighted by atomic mass is 79.9. The van der Waals surface area contributed by atoms with Crippen LogP contribution in [0.2, 0.25) is 0 Å². The molecule has 0 amide bonds. The Labute approximate surface area is 164 Å². The van der Waals surface area contributed by atoms with Gasteiger partial charge >= 0.3 is 0 Å². The van der Waals surface area contributed by atoms with Crippen molar-refractivity contribution in [2.75, 3.05) is 7.11 Å². The van der Waals surface area contributed by atoms with Crippen molar-refractivity contribution in [1.29, 1.82) is 0 Å². The number of aromatic amines is 1. The van der Waals surface area contributed by atoms with Gasteiger partial charge in [0.2, 0.25) is 0 Å². The molecule has 5 nitrogen and oxygen atoms in total. The van der Waals surface area contributed by atoms with Gasteiger partial charge in [0.05, 0.1) is 23.6 Å². The molecule has 2 aromatic carbocycles. The van der Waals surface area contributed by atoms with Crippen LogP contribution in [0.3, 0.4) is 0 Å². The maximum absolute atomic E-state index is 13.1. The molecular formula is C17H12Br2N2O3S. The van der Waals surface area contributed by atoms with Crippen LogP contribution in [0.25, 0.3) is 10.9 Å². The summed E-state index contributed by atoms with van der Waals surface area (Å²) in [6.45, 7) is 1.82. The SMILES string of the molecule is COc1c(C)cc(Br)cc1C(=O)n1c(=S)[nH]c2ccc(Br)cc2c1=O. The number of hydrogen-bond acceptors (Lipinski definition) is 4. The fourth-order valence-corrected chi connectivity index (χ4v) is 3.86. The molecule has 8 heteroatoms. The van der Waals surface area contributed by atoms with Gasteiger partial charge in [-0.1, -0.05) is 31.9 Å². The number of H-pyrrole nitrogens is 1. The second-order valence-corrected chi connectivity index (χ2v) is 7.59. The molecule has 0 radical (unpaired) electrons. The maximum Gasteiger partial charge on any atom is 0.270 e. The molecule has 3 aromatic rings. The lowest BCUT2D eigenvalue weighted by Crippen LogP contribution is -2.29. The topological polar surface area (TPSA) is 64.1 Å². The number of benzene rings is 2. The van der Waals surface area contributed by atoms with E-state index in [0.717, 1.165) is 14.6 Å². The molecule has 25 heavy (non-hydrogen) atoms. The summed E-state index contributed by atoms with van der Waals surface area (Å²) in [5, 5.41) is 0.363. The minimum absolute atomic E-state index is 0.0319. The van der Waals surface area contributed by atoms with Gasteiger partial charge in [0.1, 0.15) is 5.75 Å². The van der Waals surface area contributed by atoms with Crippen LogP contribution in [0, 0.1) is 11.7 Å². The number of aromatic nitrogens is 2. The minimum Gasteiger partial charge on any atom is -0.496 e. The molecule has 1 heterocycles. The molecule has 0 bridgehead atoms. The Balaban J connectivity index is 2.33. The summed E-state index contributed by atoms with van der Waals surface area (Å²) in [6.07, 6.45) is 0. The van der Waals surface area contributed by atoms with Gasteiger partial charge in [-0.15, -0.1) is 0 Å². The van der Waals surface area contributed by atoms with Crippen molar-refractivity contribution in [1.82, 2.24) is 9.55 Å². The Kier molecular flexibility index (Phi) is 4.95. The Bertz CT molecular complexity index is 1140. The van der Waals surface area contributed by atoms with Gasteiger partial charge in [-0.3, -0.25) is 9.59 Å². The fraction of sp³-hybridized carbons (Fsp3) is 0.118. The van der Waals surface area contributed by atoms with Gasteiger partial charge in [0.15, 0.2) is 4.77 Å². The fourth-order valence-electron chi connectivity index (χ4n) is 2.65. The van der Waals surface area contributed by atoms with E-state index in [4.69, 9.17) is 17.0 Å². The van der Waals surface area contributed by atoms with Crippen LogP contribution >= 0.6 is 44.1 Å². The van der Waals surface area contributed by atoms with Crippen LogP contribution < -0.4 is 10.3 Å². The lowest BCUT2D eigenvalue weighted by atomic mass is 10.1. The van der Waals surface area contributed by atoms with Crippen molar-refractivity contribution >= 4 is 60.9 Å². The van der Waals surface area contributed by atoms with Gasteiger partial charge < -0.3 is 9.72 Å². The van der Waals surface area contributed by atoms with Gasteiger partial charge in [-0.25, -0.2) is 4.57 Å². The largest absolute Gasteiger partial charge is 0.496 e. The van der Waals surface area contributed by atoms with Gasteiger partial charge in [0, 0.05) is 8.95 Å². The lowest BCUT2D eigenvalue weighted by molar-refractivity contribution is 0.0950. The number of aryl methyl sites for hydroxylation is 1. The van der Waals surface area contributed by atoms with E-state index in [1.54, 1.807) is 24.3 Å². The van der Waals surface area contributed by atoms with Crippen molar-refractivity contribution < 1.29 is 9.53 Å². The highest BCUT2D eigenvalue weighted by Crippen LogP contribution is 2.28. The molecule has 128 valence electrons. The van der Waals surface area contributed by atoms with E-state index in [9.17, 15) is 9.59 Å². The van der Waals surface area contributed by atoms with Gasteiger partial charge in [-0.05, 0) is 55.0 Å². The molecule has 0 aliphatic rings. The number of nitrogens with zero attached hydrogens (tertiary/aromatic N) is 1. The highest BCUT2D eigenvalue weighted by molar-refractivity contribution is 9.10. The quantitative estimate of drug-likeness (QED) is 0.541. The lowest BCUT2D eigenvalue weighted by Gasteiger charge is -2.13. The van der Waals surface area contributed by atoms with Crippen molar-refractivity contribution in [3.8, 4) is 5.75 Å². The Morgan fingerprint density at radius 1 is 1.20 bits per heavy atom. The molecule has 0 saturated carbocycles. The van der Waals surface area contributed by atoms with E-state index < -0.39 is 11.5 Å². The third-order valence-corrected chi connectivity index (χ3v) is 4.97. The standard InChI is InChI=1S/C17H12Br2N2O3S/c1-8-5-10(19)7-12(14(8)24-2)16(23)21-15(22)11-6-9(18)3-4-13(11)20-17(21)25/h3-7H,1-2H3,(H,20,25). The molecule has 0 aliphatic heterocycles. The van der Waals surface area contributed by atoms with Crippen LogP contribution in [-0.4, -0.2) is 22.6 Å². The van der Waals surface area contributed by atoms with E-state index in [0.29, 0.717) is 21.1 Å². The van der Waals surface area contributed by atoms with Crippen molar-refractivity contribution in [3.05, 3.63) is 65.5 Å². The molecule has 3 rings (SSSR count). The minimum atomic E-state index is -0.547. The molecular weight excluding hydrogens is 472 g/mol. The third-order valence-electron chi connectivity index (χ3n) is 3.74. The first-order valence-electron chi connectivity index (χ1n) is 7.17. The summed E-state index contributed by atoms with van der Waals surface area (Å²) in [5.74, 6) is -0.141. The number of nitrogens with one attached hydrogen (secondary N) is 1. The second kappa shape index (κ2) is 6.86. The maximum atomic E-state index is 13.1. The summed E-state index contributed by atoms with van der Waals surface area (Å²) in [7, 11) is 1.48. The molecule has 0 atom stereocenters. The first-order chi connectivity index (χ1) is 11.8. The number of carbonyl (C=O) groups is 1.